The minimum absolute atomic E-state index is 0.0263. The topological polar surface area (TPSA) is 58.4 Å². The van der Waals surface area contributed by atoms with Crippen LogP contribution in [0.3, 0.4) is 0 Å². The highest BCUT2D eigenvalue weighted by Gasteiger charge is 2.32. The van der Waals surface area contributed by atoms with E-state index in [0.717, 1.165) is 38.4 Å². The third-order valence-corrected chi connectivity index (χ3v) is 4.28. The second kappa shape index (κ2) is 6.44. The smallest absolute Gasteiger partial charge is 0.221 e. The molecule has 0 radical (unpaired) electrons. The van der Waals surface area contributed by atoms with Crippen molar-refractivity contribution in [2.75, 3.05) is 13.1 Å². The number of nitrogens with one attached hydrogen (secondary N) is 1. The van der Waals surface area contributed by atoms with Crippen LogP contribution in [0.5, 0.6) is 0 Å². The molecule has 1 saturated heterocycles. The monoisotopic (exact) mass is 281 g/mol. The van der Waals surface area contributed by atoms with Crippen LogP contribution in [0, 0.1) is 5.41 Å². The van der Waals surface area contributed by atoms with Crippen LogP contribution >= 0.6 is 0 Å². The molecule has 3 N–H and O–H groups in total. The van der Waals surface area contributed by atoms with Gasteiger partial charge in [0.2, 0.25) is 5.91 Å². The van der Waals surface area contributed by atoms with Gasteiger partial charge in [-0.3, -0.25) is 4.79 Å². The standard InChI is InChI=1S/C16H31N3O/c1-16(2,3)11-12(17)10-15(20)18-13-6-8-19(9-7-13)14-4-5-14/h12-14H,4-11,17H2,1-3H3,(H,18,20). The molecule has 1 aliphatic heterocycles. The number of hydrogen-bond donors (Lipinski definition) is 2. The van der Waals surface area contributed by atoms with Crippen molar-refractivity contribution in [3.63, 3.8) is 0 Å². The van der Waals surface area contributed by atoms with Crippen molar-refractivity contribution in [2.45, 2.75) is 77.4 Å². The minimum Gasteiger partial charge on any atom is -0.353 e. The number of nitrogens with zero attached hydrogens (tertiary/aromatic N) is 1. The van der Waals surface area contributed by atoms with Crippen LogP contribution in [0.4, 0.5) is 0 Å². The predicted molar refractivity (Wildman–Crippen MR) is 82.4 cm³/mol. The molecule has 2 fully saturated rings. The van der Waals surface area contributed by atoms with Crippen molar-refractivity contribution in [3.8, 4) is 0 Å². The lowest BCUT2D eigenvalue weighted by Crippen LogP contribution is -2.46. The molecule has 2 aliphatic rings. The van der Waals surface area contributed by atoms with Gasteiger partial charge in [0.25, 0.3) is 0 Å². The van der Waals surface area contributed by atoms with Crippen molar-refractivity contribution >= 4 is 5.91 Å². The largest absolute Gasteiger partial charge is 0.353 e. The highest BCUT2D eigenvalue weighted by Crippen LogP contribution is 2.29. The second-order valence-electron chi connectivity index (χ2n) is 7.84. The van der Waals surface area contributed by atoms with Crippen LogP contribution in [-0.2, 0) is 4.79 Å². The van der Waals surface area contributed by atoms with Gasteiger partial charge >= 0.3 is 0 Å². The van der Waals surface area contributed by atoms with Crippen LogP contribution in [0.15, 0.2) is 0 Å². The summed E-state index contributed by atoms with van der Waals surface area (Å²) >= 11 is 0. The molecule has 0 aromatic rings. The van der Waals surface area contributed by atoms with Gasteiger partial charge in [0.15, 0.2) is 0 Å². The number of nitrogens with two attached hydrogens (primary N) is 1. The summed E-state index contributed by atoms with van der Waals surface area (Å²) < 4.78 is 0. The van der Waals surface area contributed by atoms with Crippen LogP contribution < -0.4 is 11.1 Å². The van der Waals surface area contributed by atoms with E-state index in [1.54, 1.807) is 0 Å². The van der Waals surface area contributed by atoms with E-state index >= 15 is 0 Å². The lowest BCUT2D eigenvalue weighted by Gasteiger charge is -2.32. The van der Waals surface area contributed by atoms with Gasteiger partial charge in [0.1, 0.15) is 0 Å². The highest BCUT2D eigenvalue weighted by atomic mass is 16.1. The molecule has 1 aliphatic carbocycles. The predicted octanol–water partition coefficient (Wildman–Crippen LogP) is 1.88. The van der Waals surface area contributed by atoms with E-state index in [1.165, 1.54) is 12.8 Å². The Hall–Kier alpha value is -0.610. The fourth-order valence-electron chi connectivity index (χ4n) is 3.23. The Bertz CT molecular complexity index is 325. The number of amides is 1. The first kappa shape index (κ1) is 15.8. The third kappa shape index (κ3) is 5.41. The summed E-state index contributed by atoms with van der Waals surface area (Å²) in [6.45, 7) is 8.78. The summed E-state index contributed by atoms with van der Waals surface area (Å²) in [6, 6.07) is 1.19. The number of carbonyl (C=O) groups excluding carboxylic acids is 1. The summed E-state index contributed by atoms with van der Waals surface area (Å²) in [7, 11) is 0. The Morgan fingerprint density at radius 1 is 1.25 bits per heavy atom. The third-order valence-electron chi connectivity index (χ3n) is 4.28. The average Bonchev–Trinajstić information content (AvgIpc) is 3.10. The SMILES string of the molecule is CC(C)(C)CC(N)CC(=O)NC1CCN(C2CC2)CC1. The lowest BCUT2D eigenvalue weighted by atomic mass is 9.87. The molecule has 1 unspecified atom stereocenters. The molecule has 0 spiro atoms. The molecular formula is C16H31N3O. The molecule has 116 valence electrons. The molecule has 1 saturated carbocycles. The van der Waals surface area contributed by atoms with Crippen molar-refractivity contribution < 1.29 is 4.79 Å². The van der Waals surface area contributed by atoms with E-state index < -0.39 is 0 Å². The molecule has 20 heavy (non-hydrogen) atoms. The zero-order valence-electron chi connectivity index (χ0n) is 13.3. The highest BCUT2D eigenvalue weighted by molar-refractivity contribution is 5.76. The molecule has 1 amide bonds. The van der Waals surface area contributed by atoms with Crippen molar-refractivity contribution in [2.24, 2.45) is 11.1 Å². The maximum absolute atomic E-state index is 12.0. The van der Waals surface area contributed by atoms with Crippen LogP contribution in [0.25, 0.3) is 0 Å². The molecule has 2 rings (SSSR count). The van der Waals surface area contributed by atoms with Crippen LogP contribution in [0.2, 0.25) is 0 Å². The summed E-state index contributed by atoms with van der Waals surface area (Å²) in [5, 5.41) is 3.17. The summed E-state index contributed by atoms with van der Waals surface area (Å²) in [5.41, 5.74) is 6.26. The van der Waals surface area contributed by atoms with Gasteiger partial charge in [-0.2, -0.15) is 0 Å². The first-order valence-corrected chi connectivity index (χ1v) is 8.12. The molecule has 0 bridgehead atoms. The van der Waals surface area contributed by atoms with Crippen molar-refractivity contribution in [3.05, 3.63) is 0 Å². The number of carbonyl (C=O) groups is 1. The maximum atomic E-state index is 12.0. The molecular weight excluding hydrogens is 250 g/mol. The quantitative estimate of drug-likeness (QED) is 0.809. The van der Waals surface area contributed by atoms with Crippen molar-refractivity contribution in [1.82, 2.24) is 10.2 Å². The van der Waals surface area contributed by atoms with Gasteiger partial charge in [0.05, 0.1) is 0 Å². The summed E-state index contributed by atoms with van der Waals surface area (Å²) in [5.74, 6) is 0.131. The van der Waals surface area contributed by atoms with E-state index in [0.29, 0.717) is 12.5 Å². The zero-order chi connectivity index (χ0) is 14.8. The Kier molecular flexibility index (Phi) is 5.08. The maximum Gasteiger partial charge on any atom is 0.221 e. The van der Waals surface area contributed by atoms with Crippen molar-refractivity contribution in [1.29, 1.82) is 0 Å². The molecule has 1 atom stereocenters. The van der Waals surface area contributed by atoms with Gasteiger partial charge in [0, 0.05) is 37.6 Å². The number of hydrogen-bond acceptors (Lipinski definition) is 3. The molecule has 1 heterocycles. The number of piperidine rings is 1. The van der Waals surface area contributed by atoms with Crippen LogP contribution in [0.1, 0.15) is 59.3 Å². The average molecular weight is 281 g/mol. The van der Waals surface area contributed by atoms with E-state index in [2.05, 4.69) is 31.0 Å². The summed E-state index contributed by atoms with van der Waals surface area (Å²) in [4.78, 5) is 14.6. The van der Waals surface area contributed by atoms with E-state index in [-0.39, 0.29) is 17.4 Å². The van der Waals surface area contributed by atoms with Crippen LogP contribution in [-0.4, -0.2) is 42.0 Å². The van der Waals surface area contributed by atoms with E-state index in [1.807, 2.05) is 0 Å². The Morgan fingerprint density at radius 2 is 1.85 bits per heavy atom. The number of rotatable bonds is 5. The first-order valence-electron chi connectivity index (χ1n) is 8.12. The second-order valence-corrected chi connectivity index (χ2v) is 7.84. The van der Waals surface area contributed by atoms with Gasteiger partial charge in [-0.15, -0.1) is 0 Å². The van der Waals surface area contributed by atoms with Gasteiger partial charge in [-0.25, -0.2) is 0 Å². The van der Waals surface area contributed by atoms with Gasteiger partial charge < -0.3 is 16.0 Å². The van der Waals surface area contributed by atoms with E-state index in [4.69, 9.17) is 5.73 Å². The lowest BCUT2D eigenvalue weighted by molar-refractivity contribution is -0.122. The Labute approximate surface area is 123 Å². The fraction of sp³-hybridized carbons (Fsp3) is 0.938. The number of likely N-dealkylation sites (tertiary alicyclic amines) is 1. The zero-order valence-corrected chi connectivity index (χ0v) is 13.3. The molecule has 0 aromatic carbocycles. The van der Waals surface area contributed by atoms with Gasteiger partial charge in [-0.1, -0.05) is 20.8 Å². The molecule has 4 nitrogen and oxygen atoms in total. The summed E-state index contributed by atoms with van der Waals surface area (Å²) in [6.07, 6.45) is 6.28. The van der Waals surface area contributed by atoms with E-state index in [9.17, 15) is 4.79 Å². The Balaban J connectivity index is 1.64. The first-order chi connectivity index (χ1) is 9.33. The molecule has 4 heteroatoms. The molecule has 0 aromatic heterocycles. The fourth-order valence-corrected chi connectivity index (χ4v) is 3.23. The normalized spacial score (nSPS) is 23.6. The minimum atomic E-state index is -0.0263. The van der Waals surface area contributed by atoms with Gasteiger partial charge in [-0.05, 0) is 37.5 Å². The Morgan fingerprint density at radius 3 is 2.35 bits per heavy atom.